The molecule has 2 aromatic carbocycles. The van der Waals surface area contributed by atoms with E-state index in [1.54, 1.807) is 31.2 Å². The van der Waals surface area contributed by atoms with Crippen molar-refractivity contribution in [2.24, 2.45) is 0 Å². The SMILES string of the molecule is CCOC(=O)c1cc(-c2cc(F)cc(C#N)c2)c(-c2cccc(C#N)c2)o1. The summed E-state index contributed by atoms with van der Waals surface area (Å²) in [5.74, 6) is -1.00. The zero-order chi connectivity index (χ0) is 19.4. The smallest absolute Gasteiger partial charge is 0.374 e. The number of carbonyl (C=O) groups is 1. The highest BCUT2D eigenvalue weighted by Crippen LogP contribution is 2.36. The number of nitrogens with zero attached hydrogens (tertiary/aromatic N) is 2. The summed E-state index contributed by atoms with van der Waals surface area (Å²) in [4.78, 5) is 12.1. The van der Waals surface area contributed by atoms with Crippen LogP contribution in [0.5, 0.6) is 0 Å². The summed E-state index contributed by atoms with van der Waals surface area (Å²) in [5, 5.41) is 18.2. The van der Waals surface area contributed by atoms with Crippen LogP contribution in [0.15, 0.2) is 52.9 Å². The van der Waals surface area contributed by atoms with Gasteiger partial charge in [0.2, 0.25) is 5.76 Å². The van der Waals surface area contributed by atoms with Gasteiger partial charge >= 0.3 is 5.97 Å². The number of benzene rings is 2. The topological polar surface area (TPSA) is 87.0 Å². The Morgan fingerprint density at radius 2 is 1.81 bits per heavy atom. The Balaban J connectivity index is 2.23. The predicted molar refractivity (Wildman–Crippen MR) is 94.9 cm³/mol. The van der Waals surface area contributed by atoms with E-state index in [2.05, 4.69) is 0 Å². The van der Waals surface area contributed by atoms with Gasteiger partial charge in [0.25, 0.3) is 0 Å². The lowest BCUT2D eigenvalue weighted by Gasteiger charge is -2.04. The van der Waals surface area contributed by atoms with E-state index < -0.39 is 11.8 Å². The molecule has 0 bridgehead atoms. The number of furan rings is 1. The maximum absolute atomic E-state index is 13.9. The molecular weight excluding hydrogens is 347 g/mol. The number of esters is 1. The third-order valence-corrected chi connectivity index (χ3v) is 3.80. The van der Waals surface area contributed by atoms with Gasteiger partial charge in [-0.2, -0.15) is 10.5 Å². The fourth-order valence-electron chi connectivity index (χ4n) is 2.66. The monoisotopic (exact) mass is 360 g/mol. The molecule has 0 spiro atoms. The van der Waals surface area contributed by atoms with E-state index in [0.717, 1.165) is 6.07 Å². The summed E-state index contributed by atoms with van der Waals surface area (Å²) in [5.41, 5.74) is 1.89. The van der Waals surface area contributed by atoms with Crippen molar-refractivity contribution in [3.05, 3.63) is 71.2 Å². The summed E-state index contributed by atoms with van der Waals surface area (Å²) in [6.07, 6.45) is 0. The first-order valence-corrected chi connectivity index (χ1v) is 8.08. The van der Waals surface area contributed by atoms with Gasteiger partial charge in [-0.3, -0.25) is 0 Å². The number of rotatable bonds is 4. The normalized spacial score (nSPS) is 10.1. The van der Waals surface area contributed by atoms with Crippen molar-refractivity contribution in [1.82, 2.24) is 0 Å². The third-order valence-electron chi connectivity index (χ3n) is 3.80. The highest BCUT2D eigenvalue weighted by molar-refractivity contribution is 5.92. The van der Waals surface area contributed by atoms with Gasteiger partial charge in [-0.15, -0.1) is 0 Å². The molecule has 0 amide bonds. The minimum absolute atomic E-state index is 0.0491. The molecular formula is C21H13FN2O3. The van der Waals surface area contributed by atoms with Crippen molar-refractivity contribution in [3.8, 4) is 34.6 Å². The number of ether oxygens (including phenoxy) is 1. The number of carbonyl (C=O) groups excluding carboxylic acids is 1. The van der Waals surface area contributed by atoms with Gasteiger partial charge in [0.15, 0.2) is 0 Å². The molecule has 1 aromatic heterocycles. The van der Waals surface area contributed by atoms with Crippen molar-refractivity contribution < 1.29 is 18.3 Å². The number of hydrogen-bond donors (Lipinski definition) is 0. The van der Waals surface area contributed by atoms with Gasteiger partial charge in [0.05, 0.1) is 29.9 Å². The maximum atomic E-state index is 13.9. The van der Waals surface area contributed by atoms with Crippen LogP contribution < -0.4 is 0 Å². The summed E-state index contributed by atoms with van der Waals surface area (Å²) in [6, 6.07) is 15.9. The first-order valence-electron chi connectivity index (χ1n) is 8.08. The molecule has 0 fully saturated rings. The fraction of sp³-hybridized carbons (Fsp3) is 0.0952. The fourth-order valence-corrected chi connectivity index (χ4v) is 2.66. The zero-order valence-corrected chi connectivity index (χ0v) is 14.3. The van der Waals surface area contributed by atoms with E-state index in [-0.39, 0.29) is 23.7 Å². The standard InChI is InChI=1S/C21H13FN2O3/c1-2-26-21(25)19-10-18(16-7-14(12-24)8-17(22)9-16)20(27-19)15-5-3-4-13(6-15)11-23/h3-10H,2H2,1H3. The Bertz CT molecular complexity index is 1100. The Hall–Kier alpha value is -3.90. The second-order valence-electron chi connectivity index (χ2n) is 5.61. The molecule has 0 saturated carbocycles. The second-order valence-corrected chi connectivity index (χ2v) is 5.61. The van der Waals surface area contributed by atoms with Crippen LogP contribution in [0.3, 0.4) is 0 Å². The highest BCUT2D eigenvalue weighted by atomic mass is 19.1. The van der Waals surface area contributed by atoms with Crippen molar-refractivity contribution >= 4 is 5.97 Å². The molecule has 0 N–H and O–H groups in total. The average Bonchev–Trinajstić information content (AvgIpc) is 3.13. The van der Waals surface area contributed by atoms with E-state index in [9.17, 15) is 9.18 Å². The van der Waals surface area contributed by atoms with Crippen molar-refractivity contribution in [1.29, 1.82) is 10.5 Å². The van der Waals surface area contributed by atoms with Crippen LogP contribution in [-0.2, 0) is 4.74 Å². The first-order chi connectivity index (χ1) is 13.0. The Kier molecular flexibility index (Phi) is 5.01. The predicted octanol–water partition coefficient (Wildman–Crippen LogP) is 4.67. The van der Waals surface area contributed by atoms with Crippen LogP contribution in [0.25, 0.3) is 22.5 Å². The second kappa shape index (κ2) is 7.55. The van der Waals surface area contributed by atoms with Crippen LogP contribution in [0.2, 0.25) is 0 Å². The van der Waals surface area contributed by atoms with Crippen LogP contribution in [0, 0.1) is 28.5 Å². The molecule has 0 radical (unpaired) electrons. The van der Waals surface area contributed by atoms with E-state index in [1.165, 1.54) is 18.2 Å². The van der Waals surface area contributed by atoms with Gasteiger partial charge in [0, 0.05) is 11.1 Å². The molecule has 3 aromatic rings. The van der Waals surface area contributed by atoms with E-state index in [4.69, 9.17) is 19.7 Å². The molecule has 5 nitrogen and oxygen atoms in total. The highest BCUT2D eigenvalue weighted by Gasteiger charge is 2.21. The molecule has 0 aliphatic rings. The average molecular weight is 360 g/mol. The van der Waals surface area contributed by atoms with Gasteiger partial charge in [-0.1, -0.05) is 12.1 Å². The zero-order valence-electron chi connectivity index (χ0n) is 14.3. The van der Waals surface area contributed by atoms with Gasteiger partial charge in [-0.05, 0) is 48.9 Å². The molecule has 27 heavy (non-hydrogen) atoms. The summed E-state index contributed by atoms with van der Waals surface area (Å²) < 4.78 is 24.6. The summed E-state index contributed by atoms with van der Waals surface area (Å²) in [6.45, 7) is 1.84. The minimum Gasteiger partial charge on any atom is -0.460 e. The maximum Gasteiger partial charge on any atom is 0.374 e. The molecule has 0 unspecified atom stereocenters. The quantitative estimate of drug-likeness (QED) is 0.631. The van der Waals surface area contributed by atoms with Crippen LogP contribution in [0.4, 0.5) is 4.39 Å². The van der Waals surface area contributed by atoms with E-state index >= 15 is 0 Å². The molecule has 0 saturated heterocycles. The van der Waals surface area contributed by atoms with E-state index in [1.807, 2.05) is 12.1 Å². The van der Waals surface area contributed by atoms with Crippen LogP contribution in [0.1, 0.15) is 28.6 Å². The molecule has 1 heterocycles. The van der Waals surface area contributed by atoms with Crippen LogP contribution >= 0.6 is 0 Å². The number of halogens is 1. The van der Waals surface area contributed by atoms with Crippen molar-refractivity contribution in [3.63, 3.8) is 0 Å². The molecule has 0 aliphatic carbocycles. The van der Waals surface area contributed by atoms with Crippen LogP contribution in [-0.4, -0.2) is 12.6 Å². The molecule has 0 aliphatic heterocycles. The summed E-state index contributed by atoms with van der Waals surface area (Å²) >= 11 is 0. The van der Waals surface area contributed by atoms with E-state index in [0.29, 0.717) is 22.3 Å². The van der Waals surface area contributed by atoms with Crippen molar-refractivity contribution in [2.75, 3.05) is 6.61 Å². The first kappa shape index (κ1) is 17.9. The Labute approximate surface area is 154 Å². The van der Waals surface area contributed by atoms with Gasteiger partial charge < -0.3 is 9.15 Å². The van der Waals surface area contributed by atoms with Gasteiger partial charge in [-0.25, -0.2) is 9.18 Å². The Morgan fingerprint density at radius 3 is 2.52 bits per heavy atom. The number of hydrogen-bond acceptors (Lipinski definition) is 5. The number of nitriles is 2. The summed E-state index contributed by atoms with van der Waals surface area (Å²) in [7, 11) is 0. The molecule has 3 rings (SSSR count). The largest absolute Gasteiger partial charge is 0.460 e. The molecule has 0 atom stereocenters. The third kappa shape index (κ3) is 3.70. The minimum atomic E-state index is -0.654. The Morgan fingerprint density at radius 1 is 1.07 bits per heavy atom. The lowest BCUT2D eigenvalue weighted by atomic mass is 9.99. The van der Waals surface area contributed by atoms with Crippen molar-refractivity contribution in [2.45, 2.75) is 6.92 Å². The van der Waals surface area contributed by atoms with Gasteiger partial charge in [0.1, 0.15) is 11.6 Å². The lowest BCUT2D eigenvalue weighted by Crippen LogP contribution is -2.02. The lowest BCUT2D eigenvalue weighted by molar-refractivity contribution is 0.0491. The molecule has 132 valence electrons. The molecule has 6 heteroatoms.